The van der Waals surface area contributed by atoms with Gasteiger partial charge in [-0.1, -0.05) is 40.2 Å². The highest BCUT2D eigenvalue weighted by molar-refractivity contribution is 9.10. The molecule has 0 saturated heterocycles. The Labute approximate surface area is 119 Å². The quantitative estimate of drug-likeness (QED) is 0.865. The molecule has 2 aromatic carbocycles. The summed E-state index contributed by atoms with van der Waals surface area (Å²) >= 11 is 3.34. The summed E-state index contributed by atoms with van der Waals surface area (Å²) < 4.78 is 28.5. The fraction of sp³-hybridized carbons (Fsp3) is 0.200. The molecule has 0 spiro atoms. The van der Waals surface area contributed by atoms with Crippen molar-refractivity contribution in [3.05, 3.63) is 68.7 Å². The van der Waals surface area contributed by atoms with Gasteiger partial charge in [-0.25, -0.2) is 8.78 Å². The van der Waals surface area contributed by atoms with Crippen LogP contribution in [0.5, 0.6) is 0 Å². The number of aliphatic hydroxyl groups excluding tert-OH is 1. The van der Waals surface area contributed by atoms with E-state index >= 15 is 0 Å². The Kier molecular flexibility index (Phi) is 4.02. The topological polar surface area (TPSA) is 20.2 Å². The van der Waals surface area contributed by atoms with Crippen LogP contribution >= 0.6 is 15.9 Å². The molecule has 0 aliphatic heterocycles. The van der Waals surface area contributed by atoms with Gasteiger partial charge in [-0.05, 0) is 36.6 Å². The third-order valence-corrected chi connectivity index (χ3v) is 4.19. The molecule has 0 radical (unpaired) electrons. The first kappa shape index (κ1) is 14.2. The second kappa shape index (κ2) is 5.39. The fourth-order valence-corrected chi connectivity index (χ4v) is 2.45. The molecule has 19 heavy (non-hydrogen) atoms. The molecule has 0 fully saturated rings. The summed E-state index contributed by atoms with van der Waals surface area (Å²) in [6.07, 6.45) is -1.34. The predicted molar refractivity (Wildman–Crippen MR) is 74.0 cm³/mol. The van der Waals surface area contributed by atoms with Crippen LogP contribution in [-0.4, -0.2) is 5.11 Å². The molecule has 0 aromatic heterocycles. The maximum atomic E-state index is 14.0. The van der Waals surface area contributed by atoms with E-state index in [0.29, 0.717) is 15.6 Å². The molecule has 1 N–H and O–H groups in total. The molecule has 2 aromatic rings. The fourth-order valence-electron chi connectivity index (χ4n) is 1.97. The highest BCUT2D eigenvalue weighted by Gasteiger charge is 2.23. The van der Waals surface area contributed by atoms with Gasteiger partial charge in [-0.2, -0.15) is 0 Å². The van der Waals surface area contributed by atoms with Crippen molar-refractivity contribution in [1.29, 1.82) is 0 Å². The zero-order valence-electron chi connectivity index (χ0n) is 10.5. The molecule has 0 heterocycles. The molecule has 0 saturated carbocycles. The van der Waals surface area contributed by atoms with Gasteiger partial charge < -0.3 is 5.11 Å². The average molecular weight is 327 g/mol. The first-order valence-corrected chi connectivity index (χ1v) is 6.60. The number of halogens is 3. The van der Waals surface area contributed by atoms with E-state index in [4.69, 9.17) is 0 Å². The minimum Gasteiger partial charge on any atom is -0.383 e. The van der Waals surface area contributed by atoms with Crippen LogP contribution in [0.4, 0.5) is 8.78 Å². The Morgan fingerprint density at radius 2 is 1.74 bits per heavy atom. The number of benzene rings is 2. The second-order valence-corrected chi connectivity index (χ2v) is 5.27. The summed E-state index contributed by atoms with van der Waals surface area (Å²) in [6, 6.07) is 7.75. The number of hydrogen-bond donors (Lipinski definition) is 1. The van der Waals surface area contributed by atoms with Gasteiger partial charge in [-0.3, -0.25) is 0 Å². The Bertz CT molecular complexity index is 626. The molecule has 0 aliphatic rings. The van der Waals surface area contributed by atoms with Crippen LogP contribution in [0.2, 0.25) is 0 Å². The zero-order chi connectivity index (χ0) is 14.2. The highest BCUT2D eigenvalue weighted by Crippen LogP contribution is 2.33. The van der Waals surface area contributed by atoms with Crippen molar-refractivity contribution >= 4 is 15.9 Å². The molecule has 0 amide bonds. The molecule has 1 unspecified atom stereocenters. The summed E-state index contributed by atoms with van der Waals surface area (Å²) in [7, 11) is 0. The van der Waals surface area contributed by atoms with Crippen molar-refractivity contribution in [3.63, 3.8) is 0 Å². The van der Waals surface area contributed by atoms with Gasteiger partial charge >= 0.3 is 0 Å². The van der Waals surface area contributed by atoms with Crippen LogP contribution in [0, 0.1) is 25.5 Å². The number of hydrogen-bond acceptors (Lipinski definition) is 1. The third-order valence-electron chi connectivity index (χ3n) is 3.11. The van der Waals surface area contributed by atoms with E-state index in [-0.39, 0.29) is 5.56 Å². The lowest BCUT2D eigenvalue weighted by atomic mass is 9.97. The van der Waals surface area contributed by atoms with Crippen molar-refractivity contribution in [2.75, 3.05) is 0 Å². The van der Waals surface area contributed by atoms with E-state index in [9.17, 15) is 13.9 Å². The van der Waals surface area contributed by atoms with Crippen molar-refractivity contribution < 1.29 is 13.9 Å². The van der Waals surface area contributed by atoms with Crippen LogP contribution < -0.4 is 0 Å². The Hall–Kier alpha value is -1.26. The summed E-state index contributed by atoms with van der Waals surface area (Å²) in [5.41, 5.74) is 1.33. The van der Waals surface area contributed by atoms with Gasteiger partial charge in [0.05, 0.1) is 5.56 Å². The Balaban J connectivity index is 2.59. The van der Waals surface area contributed by atoms with E-state index in [1.165, 1.54) is 19.1 Å². The van der Waals surface area contributed by atoms with Crippen LogP contribution in [-0.2, 0) is 0 Å². The minimum absolute atomic E-state index is 0.305. The standard InChI is InChI=1S/C15H13BrF2O/c1-8-4-3-5-10(13(8)16)15(19)12-11(17)7-6-9(2)14(12)18/h3-7,15,19H,1-2H3. The summed E-state index contributed by atoms with van der Waals surface area (Å²) in [6.45, 7) is 3.39. The van der Waals surface area contributed by atoms with Crippen LogP contribution in [0.1, 0.15) is 28.4 Å². The van der Waals surface area contributed by atoms with Gasteiger partial charge in [0, 0.05) is 4.47 Å². The molecule has 2 rings (SSSR count). The lowest BCUT2D eigenvalue weighted by molar-refractivity contribution is 0.208. The van der Waals surface area contributed by atoms with Gasteiger partial charge in [0.15, 0.2) is 0 Å². The SMILES string of the molecule is Cc1ccc(F)c(C(O)c2cccc(C)c2Br)c1F. The molecule has 0 aliphatic carbocycles. The molecular weight excluding hydrogens is 314 g/mol. The lowest BCUT2D eigenvalue weighted by Gasteiger charge is -2.17. The predicted octanol–water partition coefficient (Wildman–Crippen LogP) is 4.43. The van der Waals surface area contributed by atoms with Crippen molar-refractivity contribution in [2.45, 2.75) is 20.0 Å². The number of rotatable bonds is 2. The maximum Gasteiger partial charge on any atom is 0.135 e. The largest absolute Gasteiger partial charge is 0.383 e. The monoisotopic (exact) mass is 326 g/mol. The minimum atomic E-state index is -1.34. The Morgan fingerprint density at radius 1 is 1.05 bits per heavy atom. The Morgan fingerprint density at radius 3 is 2.42 bits per heavy atom. The van der Waals surface area contributed by atoms with Gasteiger partial charge in [0.2, 0.25) is 0 Å². The van der Waals surface area contributed by atoms with Crippen LogP contribution in [0.3, 0.4) is 0 Å². The third kappa shape index (κ3) is 2.55. The van der Waals surface area contributed by atoms with E-state index in [1.54, 1.807) is 12.1 Å². The number of aliphatic hydroxyl groups is 1. The van der Waals surface area contributed by atoms with E-state index in [2.05, 4.69) is 15.9 Å². The molecule has 1 nitrogen and oxygen atoms in total. The van der Waals surface area contributed by atoms with Gasteiger partial charge in [-0.15, -0.1) is 0 Å². The van der Waals surface area contributed by atoms with E-state index in [1.807, 2.05) is 13.0 Å². The van der Waals surface area contributed by atoms with Crippen molar-refractivity contribution in [3.8, 4) is 0 Å². The lowest BCUT2D eigenvalue weighted by Crippen LogP contribution is -2.08. The first-order chi connectivity index (χ1) is 8.93. The molecule has 100 valence electrons. The summed E-state index contributed by atoms with van der Waals surface area (Å²) in [5, 5.41) is 10.3. The molecular formula is C15H13BrF2O. The highest BCUT2D eigenvalue weighted by atomic mass is 79.9. The normalized spacial score (nSPS) is 12.5. The summed E-state index contributed by atoms with van der Waals surface area (Å²) in [4.78, 5) is 0. The summed E-state index contributed by atoms with van der Waals surface area (Å²) in [5.74, 6) is -1.45. The average Bonchev–Trinajstić information content (AvgIpc) is 2.37. The molecule has 4 heteroatoms. The van der Waals surface area contributed by atoms with Gasteiger partial charge in [0.25, 0.3) is 0 Å². The van der Waals surface area contributed by atoms with Gasteiger partial charge in [0.1, 0.15) is 17.7 Å². The van der Waals surface area contributed by atoms with Crippen LogP contribution in [0.15, 0.2) is 34.8 Å². The molecule has 0 bridgehead atoms. The smallest absolute Gasteiger partial charge is 0.135 e. The van der Waals surface area contributed by atoms with Crippen molar-refractivity contribution in [1.82, 2.24) is 0 Å². The second-order valence-electron chi connectivity index (χ2n) is 4.47. The first-order valence-electron chi connectivity index (χ1n) is 5.81. The van der Waals surface area contributed by atoms with E-state index < -0.39 is 17.7 Å². The zero-order valence-corrected chi connectivity index (χ0v) is 12.1. The molecule has 1 atom stereocenters. The van der Waals surface area contributed by atoms with E-state index in [0.717, 1.165) is 5.56 Å². The maximum absolute atomic E-state index is 14.0. The van der Waals surface area contributed by atoms with Crippen LogP contribution in [0.25, 0.3) is 0 Å². The number of aryl methyl sites for hydroxylation is 2. The van der Waals surface area contributed by atoms with Crippen molar-refractivity contribution in [2.24, 2.45) is 0 Å².